The summed E-state index contributed by atoms with van der Waals surface area (Å²) in [5.41, 5.74) is 2.95. The summed E-state index contributed by atoms with van der Waals surface area (Å²) in [5, 5.41) is 7.45. The van der Waals surface area contributed by atoms with Crippen molar-refractivity contribution >= 4 is 5.78 Å². The lowest BCUT2D eigenvalue weighted by Gasteiger charge is -2.30. The number of rotatable bonds is 6. The summed E-state index contributed by atoms with van der Waals surface area (Å²) in [6.45, 7) is 2.73. The first-order valence-corrected chi connectivity index (χ1v) is 9.63. The standard InChI is InChI=1S/C22H24N4O2/c1-26-14-13-23-15-19(26)22-24-21(28-25-22)12-11-20(27)18-9-7-17(8-10-18)16-5-3-2-4-6-16/h2-10,19,23H,11-15H2,1H3. The number of piperazine rings is 1. The Balaban J connectivity index is 1.35. The Labute approximate surface area is 164 Å². The molecule has 1 N–H and O–H groups in total. The fourth-order valence-electron chi connectivity index (χ4n) is 3.44. The number of hydrogen-bond acceptors (Lipinski definition) is 6. The third-order valence-corrected chi connectivity index (χ3v) is 5.17. The molecule has 2 aromatic carbocycles. The molecule has 6 heteroatoms. The van der Waals surface area contributed by atoms with E-state index in [4.69, 9.17) is 4.52 Å². The van der Waals surface area contributed by atoms with Gasteiger partial charge in [-0.15, -0.1) is 0 Å². The van der Waals surface area contributed by atoms with Crippen molar-refractivity contribution in [3.8, 4) is 11.1 Å². The fraction of sp³-hybridized carbons (Fsp3) is 0.318. The van der Waals surface area contributed by atoms with Crippen molar-refractivity contribution in [3.05, 3.63) is 71.9 Å². The van der Waals surface area contributed by atoms with E-state index in [9.17, 15) is 4.79 Å². The molecule has 1 aliphatic rings. The van der Waals surface area contributed by atoms with Crippen LogP contribution in [0.2, 0.25) is 0 Å². The molecule has 1 fully saturated rings. The maximum Gasteiger partial charge on any atom is 0.227 e. The zero-order valence-electron chi connectivity index (χ0n) is 16.0. The fourth-order valence-corrected chi connectivity index (χ4v) is 3.44. The average Bonchev–Trinajstić information content (AvgIpc) is 3.22. The van der Waals surface area contributed by atoms with E-state index >= 15 is 0 Å². The second-order valence-electron chi connectivity index (χ2n) is 7.11. The Morgan fingerprint density at radius 1 is 1.14 bits per heavy atom. The smallest absolute Gasteiger partial charge is 0.227 e. The summed E-state index contributed by atoms with van der Waals surface area (Å²) >= 11 is 0. The number of likely N-dealkylation sites (N-methyl/N-ethyl adjacent to an activating group) is 1. The number of ketones is 1. The molecule has 0 saturated carbocycles. The van der Waals surface area contributed by atoms with Crippen molar-refractivity contribution in [3.63, 3.8) is 0 Å². The van der Waals surface area contributed by atoms with Crippen molar-refractivity contribution in [2.45, 2.75) is 18.9 Å². The van der Waals surface area contributed by atoms with Gasteiger partial charge in [0.25, 0.3) is 0 Å². The molecule has 0 aliphatic carbocycles. The van der Waals surface area contributed by atoms with Crippen LogP contribution in [-0.2, 0) is 6.42 Å². The van der Waals surface area contributed by atoms with Gasteiger partial charge >= 0.3 is 0 Å². The SMILES string of the molecule is CN1CCNCC1c1noc(CCC(=O)c2ccc(-c3ccccc3)cc2)n1. The van der Waals surface area contributed by atoms with Crippen LogP contribution in [-0.4, -0.2) is 47.5 Å². The van der Waals surface area contributed by atoms with Crippen LogP contribution < -0.4 is 5.32 Å². The lowest BCUT2D eigenvalue weighted by atomic mass is 10.0. The molecule has 3 aromatic rings. The van der Waals surface area contributed by atoms with Crippen molar-refractivity contribution in [2.24, 2.45) is 0 Å². The van der Waals surface area contributed by atoms with Crippen LogP contribution in [0.25, 0.3) is 11.1 Å². The quantitative estimate of drug-likeness (QED) is 0.667. The van der Waals surface area contributed by atoms with Crippen LogP contribution in [0.4, 0.5) is 0 Å². The molecule has 144 valence electrons. The number of carbonyl (C=O) groups excluding carboxylic acids is 1. The second-order valence-corrected chi connectivity index (χ2v) is 7.11. The molecule has 1 atom stereocenters. The number of benzene rings is 2. The summed E-state index contributed by atoms with van der Waals surface area (Å²) in [5.74, 6) is 1.28. The largest absolute Gasteiger partial charge is 0.339 e. The number of carbonyl (C=O) groups is 1. The van der Waals surface area contributed by atoms with E-state index < -0.39 is 0 Å². The highest BCUT2D eigenvalue weighted by Gasteiger charge is 2.25. The molecule has 1 aliphatic heterocycles. The number of aryl methyl sites for hydroxylation is 1. The van der Waals surface area contributed by atoms with Crippen LogP contribution in [0, 0.1) is 0 Å². The number of nitrogens with zero attached hydrogens (tertiary/aromatic N) is 3. The van der Waals surface area contributed by atoms with Crippen molar-refractivity contribution < 1.29 is 9.32 Å². The molecule has 2 heterocycles. The monoisotopic (exact) mass is 376 g/mol. The summed E-state index contributed by atoms with van der Waals surface area (Å²) in [6.07, 6.45) is 0.807. The van der Waals surface area contributed by atoms with Gasteiger partial charge in [0.1, 0.15) is 0 Å². The molecule has 0 spiro atoms. The minimum Gasteiger partial charge on any atom is -0.339 e. The lowest BCUT2D eigenvalue weighted by molar-refractivity contribution is 0.0979. The van der Waals surface area contributed by atoms with Crippen LogP contribution in [0.1, 0.15) is 34.5 Å². The number of nitrogens with one attached hydrogen (secondary N) is 1. The molecule has 28 heavy (non-hydrogen) atoms. The van der Waals surface area contributed by atoms with E-state index in [1.165, 1.54) is 0 Å². The van der Waals surface area contributed by atoms with Crippen molar-refractivity contribution in [2.75, 3.05) is 26.7 Å². The molecule has 4 rings (SSSR count). The zero-order valence-corrected chi connectivity index (χ0v) is 16.0. The van der Waals surface area contributed by atoms with E-state index in [1.54, 1.807) is 0 Å². The minimum absolute atomic E-state index is 0.0795. The average molecular weight is 376 g/mol. The van der Waals surface area contributed by atoms with Gasteiger partial charge in [-0.1, -0.05) is 59.8 Å². The molecule has 6 nitrogen and oxygen atoms in total. The third-order valence-electron chi connectivity index (χ3n) is 5.17. The molecule has 0 bridgehead atoms. The van der Waals surface area contributed by atoms with Crippen LogP contribution in [0.5, 0.6) is 0 Å². The first-order valence-electron chi connectivity index (χ1n) is 9.63. The summed E-state index contributed by atoms with van der Waals surface area (Å²) in [4.78, 5) is 19.2. The van der Waals surface area contributed by atoms with Crippen LogP contribution in [0.3, 0.4) is 0 Å². The van der Waals surface area contributed by atoms with Gasteiger partial charge in [-0.05, 0) is 18.2 Å². The third kappa shape index (κ3) is 4.18. The highest BCUT2D eigenvalue weighted by atomic mass is 16.5. The Morgan fingerprint density at radius 3 is 2.64 bits per heavy atom. The summed E-state index contributed by atoms with van der Waals surface area (Å²) < 4.78 is 5.36. The van der Waals surface area contributed by atoms with E-state index in [-0.39, 0.29) is 11.8 Å². The second kappa shape index (κ2) is 8.46. The minimum atomic E-state index is 0.0795. The van der Waals surface area contributed by atoms with Gasteiger partial charge in [0.15, 0.2) is 11.6 Å². The van der Waals surface area contributed by atoms with Crippen molar-refractivity contribution in [1.82, 2.24) is 20.4 Å². The summed E-state index contributed by atoms with van der Waals surface area (Å²) in [6, 6.07) is 18.0. The Hall–Kier alpha value is -2.83. The maximum absolute atomic E-state index is 12.5. The van der Waals surface area contributed by atoms with Gasteiger partial charge in [0.05, 0.1) is 6.04 Å². The molecule has 0 amide bonds. The van der Waals surface area contributed by atoms with Gasteiger partial charge in [-0.3, -0.25) is 9.69 Å². The normalized spacial score (nSPS) is 17.5. The Kier molecular flexibility index (Phi) is 5.60. The molecular formula is C22H24N4O2. The van der Waals surface area contributed by atoms with E-state index in [2.05, 4.69) is 39.5 Å². The summed E-state index contributed by atoms with van der Waals surface area (Å²) in [7, 11) is 2.06. The molecule has 0 radical (unpaired) electrons. The molecule has 1 saturated heterocycles. The van der Waals surface area contributed by atoms with Crippen LogP contribution in [0.15, 0.2) is 59.1 Å². The number of Topliss-reactive ketones (excluding diaryl/α,β-unsaturated/α-hetero) is 1. The Morgan fingerprint density at radius 2 is 1.89 bits per heavy atom. The zero-order chi connectivity index (χ0) is 19.3. The van der Waals surface area contributed by atoms with Gasteiger partial charge in [0.2, 0.25) is 5.89 Å². The van der Waals surface area contributed by atoms with Crippen molar-refractivity contribution in [1.29, 1.82) is 0 Å². The van der Waals surface area contributed by atoms with Gasteiger partial charge in [-0.25, -0.2) is 0 Å². The number of aromatic nitrogens is 2. The van der Waals surface area contributed by atoms with Gasteiger partial charge in [-0.2, -0.15) is 4.98 Å². The number of hydrogen-bond donors (Lipinski definition) is 1. The first kappa shape index (κ1) is 18.5. The van der Waals surface area contributed by atoms with Gasteiger partial charge in [0, 0.05) is 38.0 Å². The molecule has 1 aromatic heterocycles. The lowest BCUT2D eigenvalue weighted by Crippen LogP contribution is -2.44. The van der Waals surface area contributed by atoms with E-state index in [0.29, 0.717) is 30.1 Å². The predicted molar refractivity (Wildman–Crippen MR) is 107 cm³/mol. The van der Waals surface area contributed by atoms with Crippen LogP contribution >= 0.6 is 0 Å². The highest BCUT2D eigenvalue weighted by molar-refractivity contribution is 5.96. The Bertz CT molecular complexity index is 921. The highest BCUT2D eigenvalue weighted by Crippen LogP contribution is 2.21. The van der Waals surface area contributed by atoms with E-state index in [1.807, 2.05) is 42.5 Å². The molecular weight excluding hydrogens is 352 g/mol. The topological polar surface area (TPSA) is 71.3 Å². The molecule has 1 unspecified atom stereocenters. The van der Waals surface area contributed by atoms with Gasteiger partial charge < -0.3 is 9.84 Å². The first-order chi connectivity index (χ1) is 13.7. The maximum atomic E-state index is 12.5. The predicted octanol–water partition coefficient (Wildman–Crippen LogP) is 3.13. The van der Waals surface area contributed by atoms with E-state index in [0.717, 1.165) is 30.8 Å².